The standard InChI is InChI=1S/C7H3BrN4/c8-6-2-10-3-7-11-5(1-9)4-12(6)7/h2-4H. The number of halogens is 1. The first-order chi connectivity index (χ1) is 5.81. The van der Waals surface area contributed by atoms with Crippen molar-refractivity contribution in [2.75, 3.05) is 0 Å². The van der Waals surface area contributed by atoms with Gasteiger partial charge in [0, 0.05) is 6.20 Å². The Morgan fingerprint density at radius 2 is 2.33 bits per heavy atom. The first-order valence-corrected chi connectivity index (χ1v) is 3.99. The summed E-state index contributed by atoms with van der Waals surface area (Å²) >= 11 is 3.29. The Morgan fingerprint density at radius 3 is 3.00 bits per heavy atom. The summed E-state index contributed by atoms with van der Waals surface area (Å²) < 4.78 is 2.54. The Kier molecular flexibility index (Phi) is 1.55. The largest absolute Gasteiger partial charge is 0.290 e. The zero-order valence-corrected chi connectivity index (χ0v) is 7.48. The van der Waals surface area contributed by atoms with Crippen molar-refractivity contribution in [3.8, 4) is 6.07 Å². The molecule has 0 N–H and O–H groups in total. The second kappa shape index (κ2) is 2.57. The van der Waals surface area contributed by atoms with E-state index in [1.165, 1.54) is 0 Å². The second-order valence-electron chi connectivity index (χ2n) is 2.20. The molecule has 0 unspecified atom stereocenters. The molecule has 5 heteroatoms. The molecule has 0 spiro atoms. The van der Waals surface area contributed by atoms with Gasteiger partial charge in [-0.3, -0.25) is 9.38 Å². The quantitative estimate of drug-likeness (QED) is 0.677. The minimum Gasteiger partial charge on any atom is -0.290 e. The first kappa shape index (κ1) is 7.25. The van der Waals surface area contributed by atoms with Crippen LogP contribution >= 0.6 is 15.9 Å². The lowest BCUT2D eigenvalue weighted by Crippen LogP contribution is -1.85. The molecule has 4 nitrogen and oxygen atoms in total. The zero-order chi connectivity index (χ0) is 8.55. The van der Waals surface area contributed by atoms with Gasteiger partial charge < -0.3 is 0 Å². The predicted octanol–water partition coefficient (Wildman–Crippen LogP) is 1.36. The second-order valence-corrected chi connectivity index (χ2v) is 3.01. The number of nitriles is 1. The van der Waals surface area contributed by atoms with Gasteiger partial charge in [0.05, 0.1) is 12.4 Å². The Labute approximate surface area is 76.6 Å². The van der Waals surface area contributed by atoms with E-state index >= 15 is 0 Å². The van der Waals surface area contributed by atoms with Crippen LogP contribution in [0.25, 0.3) is 5.65 Å². The number of aromatic nitrogens is 3. The molecule has 0 aliphatic rings. The van der Waals surface area contributed by atoms with Gasteiger partial charge >= 0.3 is 0 Å². The van der Waals surface area contributed by atoms with Gasteiger partial charge in [0.15, 0.2) is 11.3 Å². The fraction of sp³-hybridized carbons (Fsp3) is 0. The summed E-state index contributed by atoms with van der Waals surface area (Å²) in [5, 5.41) is 8.57. The van der Waals surface area contributed by atoms with Gasteiger partial charge in [-0.05, 0) is 15.9 Å². The zero-order valence-electron chi connectivity index (χ0n) is 5.90. The molecule has 0 radical (unpaired) electrons. The van der Waals surface area contributed by atoms with Crippen LogP contribution in [0.15, 0.2) is 23.2 Å². The van der Waals surface area contributed by atoms with Crippen molar-refractivity contribution < 1.29 is 0 Å². The fourth-order valence-electron chi connectivity index (χ4n) is 0.938. The summed E-state index contributed by atoms with van der Waals surface area (Å²) in [7, 11) is 0. The van der Waals surface area contributed by atoms with Gasteiger partial charge in [-0.2, -0.15) is 5.26 Å². The fourth-order valence-corrected chi connectivity index (χ4v) is 1.34. The van der Waals surface area contributed by atoms with Crippen molar-refractivity contribution in [3.05, 3.63) is 28.9 Å². The van der Waals surface area contributed by atoms with Crippen molar-refractivity contribution >= 4 is 21.6 Å². The van der Waals surface area contributed by atoms with Crippen molar-refractivity contribution in [1.29, 1.82) is 5.26 Å². The average molecular weight is 223 g/mol. The van der Waals surface area contributed by atoms with E-state index in [1.807, 2.05) is 6.07 Å². The predicted molar refractivity (Wildman–Crippen MR) is 45.4 cm³/mol. The van der Waals surface area contributed by atoms with Crippen molar-refractivity contribution in [1.82, 2.24) is 14.4 Å². The van der Waals surface area contributed by atoms with E-state index in [-0.39, 0.29) is 0 Å². The highest BCUT2D eigenvalue weighted by Gasteiger charge is 2.01. The van der Waals surface area contributed by atoms with Crippen LogP contribution in [-0.2, 0) is 0 Å². The van der Waals surface area contributed by atoms with Crippen LogP contribution in [0.2, 0.25) is 0 Å². The summed E-state index contributed by atoms with van der Waals surface area (Å²) in [4.78, 5) is 7.92. The van der Waals surface area contributed by atoms with E-state index in [2.05, 4.69) is 25.9 Å². The van der Waals surface area contributed by atoms with E-state index < -0.39 is 0 Å². The highest BCUT2D eigenvalue weighted by atomic mass is 79.9. The lowest BCUT2D eigenvalue weighted by Gasteiger charge is -1.92. The molecule has 0 aromatic carbocycles. The van der Waals surface area contributed by atoms with E-state index in [0.29, 0.717) is 11.3 Å². The highest BCUT2D eigenvalue weighted by Crippen LogP contribution is 2.11. The van der Waals surface area contributed by atoms with Crippen LogP contribution in [0.1, 0.15) is 5.69 Å². The van der Waals surface area contributed by atoms with E-state index in [1.54, 1.807) is 23.0 Å². The summed E-state index contributed by atoms with van der Waals surface area (Å²) in [6.45, 7) is 0. The number of imidazole rings is 1. The normalized spacial score (nSPS) is 10.0. The molecule has 2 rings (SSSR count). The van der Waals surface area contributed by atoms with E-state index in [9.17, 15) is 0 Å². The minimum atomic E-state index is 0.392. The van der Waals surface area contributed by atoms with Gasteiger partial charge in [0.1, 0.15) is 10.7 Å². The topological polar surface area (TPSA) is 54.0 Å². The molecule has 2 heterocycles. The summed E-state index contributed by atoms with van der Waals surface area (Å²) in [6, 6.07) is 1.96. The van der Waals surface area contributed by atoms with Crippen LogP contribution in [0.3, 0.4) is 0 Å². The van der Waals surface area contributed by atoms with Crippen LogP contribution in [0.5, 0.6) is 0 Å². The maximum Gasteiger partial charge on any atom is 0.159 e. The molecule has 0 fully saturated rings. The number of nitrogens with zero attached hydrogens (tertiary/aromatic N) is 4. The first-order valence-electron chi connectivity index (χ1n) is 3.20. The van der Waals surface area contributed by atoms with Crippen molar-refractivity contribution in [3.63, 3.8) is 0 Å². The number of hydrogen-bond acceptors (Lipinski definition) is 3. The number of fused-ring (bicyclic) bond motifs is 1. The molecular weight excluding hydrogens is 220 g/mol. The smallest absolute Gasteiger partial charge is 0.159 e. The molecule has 0 aliphatic heterocycles. The minimum absolute atomic E-state index is 0.392. The molecule has 0 amide bonds. The molecule has 2 aromatic rings. The molecule has 12 heavy (non-hydrogen) atoms. The van der Waals surface area contributed by atoms with Gasteiger partial charge in [-0.15, -0.1) is 0 Å². The average Bonchev–Trinajstić information content (AvgIpc) is 2.49. The summed E-state index contributed by atoms with van der Waals surface area (Å²) in [6.07, 6.45) is 4.91. The lowest BCUT2D eigenvalue weighted by atomic mass is 10.5. The Balaban J connectivity index is 2.85. The molecule has 0 saturated carbocycles. The monoisotopic (exact) mass is 222 g/mol. The van der Waals surface area contributed by atoms with E-state index in [0.717, 1.165) is 4.60 Å². The molecule has 0 aliphatic carbocycles. The maximum absolute atomic E-state index is 8.57. The lowest BCUT2D eigenvalue weighted by molar-refractivity contribution is 1.09. The Hall–Kier alpha value is -1.41. The molecular formula is C7H3BrN4. The molecule has 58 valence electrons. The molecule has 0 bridgehead atoms. The maximum atomic E-state index is 8.57. The Bertz CT molecular complexity index is 468. The summed E-state index contributed by atoms with van der Waals surface area (Å²) in [5.41, 5.74) is 1.06. The van der Waals surface area contributed by atoms with Crippen molar-refractivity contribution in [2.45, 2.75) is 0 Å². The van der Waals surface area contributed by atoms with Gasteiger partial charge in [-0.25, -0.2) is 4.98 Å². The van der Waals surface area contributed by atoms with Gasteiger partial charge in [0.2, 0.25) is 0 Å². The van der Waals surface area contributed by atoms with Crippen LogP contribution < -0.4 is 0 Å². The molecule has 0 saturated heterocycles. The Morgan fingerprint density at radius 1 is 1.50 bits per heavy atom. The number of hydrogen-bond donors (Lipinski definition) is 0. The molecule has 2 aromatic heterocycles. The van der Waals surface area contributed by atoms with Gasteiger partial charge in [0.25, 0.3) is 0 Å². The SMILES string of the molecule is N#Cc1cn2c(Br)cncc2n1. The summed E-state index contributed by atoms with van der Waals surface area (Å²) in [5.74, 6) is 0. The number of rotatable bonds is 0. The van der Waals surface area contributed by atoms with Crippen LogP contribution in [-0.4, -0.2) is 14.4 Å². The van der Waals surface area contributed by atoms with Crippen molar-refractivity contribution in [2.24, 2.45) is 0 Å². The van der Waals surface area contributed by atoms with E-state index in [4.69, 9.17) is 5.26 Å². The third-order valence-corrected chi connectivity index (χ3v) is 2.04. The third-order valence-electron chi connectivity index (χ3n) is 1.45. The van der Waals surface area contributed by atoms with Crippen LogP contribution in [0, 0.1) is 11.3 Å². The third kappa shape index (κ3) is 0.970. The van der Waals surface area contributed by atoms with Crippen LogP contribution in [0.4, 0.5) is 0 Å². The molecule has 0 atom stereocenters. The highest BCUT2D eigenvalue weighted by molar-refractivity contribution is 9.10. The van der Waals surface area contributed by atoms with Gasteiger partial charge in [-0.1, -0.05) is 0 Å².